The van der Waals surface area contributed by atoms with Crippen molar-refractivity contribution in [3.63, 3.8) is 0 Å². The molecular formula is C13H17FN2O4. The maximum atomic E-state index is 13.1. The molecule has 0 aromatic heterocycles. The number of amides is 1. The molecule has 3 N–H and O–H groups in total. The first-order chi connectivity index (χ1) is 9.51. The van der Waals surface area contributed by atoms with E-state index in [0.29, 0.717) is 0 Å². The Labute approximate surface area is 116 Å². The van der Waals surface area contributed by atoms with Crippen LogP contribution in [0.1, 0.15) is 16.8 Å². The van der Waals surface area contributed by atoms with Crippen molar-refractivity contribution < 1.29 is 23.5 Å². The molecule has 0 bridgehead atoms. The van der Waals surface area contributed by atoms with Crippen LogP contribution in [0.25, 0.3) is 0 Å². The fourth-order valence-corrected chi connectivity index (χ4v) is 1.58. The number of benzene rings is 1. The van der Waals surface area contributed by atoms with Crippen molar-refractivity contribution in [2.24, 2.45) is 5.73 Å². The maximum Gasteiger partial charge on any atom is 0.340 e. The molecule has 0 saturated heterocycles. The number of esters is 1. The second-order valence-electron chi connectivity index (χ2n) is 4.03. The van der Waals surface area contributed by atoms with Crippen molar-refractivity contribution in [1.82, 2.24) is 0 Å². The first kappa shape index (κ1) is 16.1. The lowest BCUT2D eigenvalue weighted by atomic mass is 10.1. The molecule has 0 spiro atoms. The lowest BCUT2D eigenvalue weighted by Gasteiger charge is -2.14. The van der Waals surface area contributed by atoms with Crippen LogP contribution in [0.3, 0.4) is 0 Å². The van der Waals surface area contributed by atoms with E-state index in [1.54, 1.807) is 0 Å². The molecule has 0 saturated carbocycles. The van der Waals surface area contributed by atoms with Crippen LogP contribution in [0.2, 0.25) is 0 Å². The topological polar surface area (TPSA) is 90.7 Å². The van der Waals surface area contributed by atoms with Gasteiger partial charge in [-0.05, 0) is 18.2 Å². The number of nitrogens with two attached hydrogens (primary N) is 1. The van der Waals surface area contributed by atoms with Crippen molar-refractivity contribution in [3.05, 3.63) is 29.6 Å². The highest BCUT2D eigenvalue weighted by molar-refractivity contribution is 6.01. The molecule has 20 heavy (non-hydrogen) atoms. The van der Waals surface area contributed by atoms with E-state index < -0.39 is 17.9 Å². The predicted octanol–water partition coefficient (Wildman–Crippen LogP) is 0.915. The molecule has 0 fully saturated rings. The lowest BCUT2D eigenvalue weighted by Crippen LogP contribution is -2.28. The van der Waals surface area contributed by atoms with E-state index in [4.69, 9.17) is 10.5 Å². The van der Waals surface area contributed by atoms with Crippen LogP contribution >= 0.6 is 0 Å². The molecule has 0 aliphatic carbocycles. The van der Waals surface area contributed by atoms with E-state index >= 15 is 0 Å². The Kier molecular flexibility index (Phi) is 6.08. The van der Waals surface area contributed by atoms with Crippen LogP contribution < -0.4 is 11.1 Å². The lowest BCUT2D eigenvalue weighted by molar-refractivity contribution is -0.118. The van der Waals surface area contributed by atoms with Crippen LogP contribution in [0, 0.1) is 5.82 Å². The third-order valence-corrected chi connectivity index (χ3v) is 2.67. The number of nitrogens with one attached hydrogen (secondary N) is 1. The summed E-state index contributed by atoms with van der Waals surface area (Å²) in [5.74, 6) is -1.72. The Bertz CT molecular complexity index is 489. The van der Waals surface area contributed by atoms with Crippen LogP contribution in [-0.4, -0.2) is 38.7 Å². The number of anilines is 1. The zero-order valence-electron chi connectivity index (χ0n) is 11.3. The fraction of sp³-hybridized carbons (Fsp3) is 0.385. The fourth-order valence-electron chi connectivity index (χ4n) is 1.58. The number of halogens is 1. The molecule has 6 nitrogen and oxygen atoms in total. The minimum Gasteiger partial charge on any atom is -0.465 e. The summed E-state index contributed by atoms with van der Waals surface area (Å²) in [6, 6.07) is 3.43. The molecule has 1 aromatic rings. The minimum atomic E-state index is -0.734. The first-order valence-electron chi connectivity index (χ1n) is 5.92. The number of methoxy groups -OCH3 is 2. The second kappa shape index (κ2) is 7.56. The summed E-state index contributed by atoms with van der Waals surface area (Å²) < 4.78 is 22.7. The summed E-state index contributed by atoms with van der Waals surface area (Å²) in [7, 11) is 2.62. The SMILES string of the molecule is COC(=O)c1cc(F)ccc1NC(=O)CC(CN)OC. The average Bonchev–Trinajstić information content (AvgIpc) is 2.45. The van der Waals surface area contributed by atoms with Gasteiger partial charge in [0.1, 0.15) is 5.82 Å². The largest absolute Gasteiger partial charge is 0.465 e. The smallest absolute Gasteiger partial charge is 0.340 e. The predicted molar refractivity (Wildman–Crippen MR) is 70.8 cm³/mol. The van der Waals surface area contributed by atoms with E-state index in [2.05, 4.69) is 10.1 Å². The number of hydrogen-bond acceptors (Lipinski definition) is 5. The Balaban J connectivity index is 2.86. The van der Waals surface area contributed by atoms with E-state index in [1.165, 1.54) is 20.3 Å². The quantitative estimate of drug-likeness (QED) is 0.758. The molecule has 1 atom stereocenters. The monoisotopic (exact) mass is 284 g/mol. The van der Waals surface area contributed by atoms with Gasteiger partial charge in [0, 0.05) is 13.7 Å². The average molecular weight is 284 g/mol. The molecule has 1 unspecified atom stereocenters. The molecule has 0 radical (unpaired) electrons. The molecule has 7 heteroatoms. The third-order valence-electron chi connectivity index (χ3n) is 2.67. The van der Waals surface area contributed by atoms with Gasteiger partial charge in [-0.25, -0.2) is 9.18 Å². The molecule has 110 valence electrons. The Morgan fingerprint density at radius 3 is 2.65 bits per heavy atom. The van der Waals surface area contributed by atoms with E-state index in [1.807, 2.05) is 0 Å². The van der Waals surface area contributed by atoms with Crippen LogP contribution in [0.4, 0.5) is 10.1 Å². The third kappa shape index (κ3) is 4.29. The molecule has 1 amide bonds. The minimum absolute atomic E-state index is 0.0327. The molecule has 1 aromatic carbocycles. The summed E-state index contributed by atoms with van der Waals surface area (Å²) in [4.78, 5) is 23.3. The maximum absolute atomic E-state index is 13.1. The first-order valence-corrected chi connectivity index (χ1v) is 5.92. The summed E-state index contributed by atoms with van der Waals surface area (Å²) >= 11 is 0. The Hall–Kier alpha value is -1.99. The number of carbonyl (C=O) groups excluding carboxylic acids is 2. The van der Waals surface area contributed by atoms with Gasteiger partial charge in [-0.15, -0.1) is 0 Å². The normalized spacial score (nSPS) is 11.8. The van der Waals surface area contributed by atoms with Gasteiger partial charge >= 0.3 is 5.97 Å². The van der Waals surface area contributed by atoms with E-state index in [0.717, 1.165) is 12.1 Å². The van der Waals surface area contributed by atoms with Gasteiger partial charge < -0.3 is 20.5 Å². The molecular weight excluding hydrogens is 267 g/mol. The van der Waals surface area contributed by atoms with Crippen LogP contribution in [0.5, 0.6) is 0 Å². The number of carbonyl (C=O) groups is 2. The Morgan fingerprint density at radius 2 is 2.10 bits per heavy atom. The van der Waals surface area contributed by atoms with Crippen molar-refractivity contribution in [2.75, 3.05) is 26.1 Å². The summed E-state index contributed by atoms with van der Waals surface area (Å²) in [5, 5.41) is 2.51. The van der Waals surface area contributed by atoms with E-state index in [9.17, 15) is 14.0 Å². The number of hydrogen-bond donors (Lipinski definition) is 2. The van der Waals surface area contributed by atoms with Crippen molar-refractivity contribution in [1.29, 1.82) is 0 Å². The zero-order chi connectivity index (χ0) is 15.1. The molecule has 0 aliphatic rings. The zero-order valence-corrected chi connectivity index (χ0v) is 11.3. The van der Waals surface area contributed by atoms with Crippen molar-refractivity contribution in [3.8, 4) is 0 Å². The number of ether oxygens (including phenoxy) is 2. The highest BCUT2D eigenvalue weighted by Crippen LogP contribution is 2.18. The van der Waals surface area contributed by atoms with Crippen LogP contribution in [-0.2, 0) is 14.3 Å². The van der Waals surface area contributed by atoms with Gasteiger partial charge in [0.15, 0.2) is 0 Å². The summed E-state index contributed by atoms with van der Waals surface area (Å²) in [6.45, 7) is 0.192. The molecule has 1 rings (SSSR count). The van der Waals surface area contributed by atoms with Gasteiger partial charge in [0.05, 0.1) is 30.9 Å². The molecule has 0 aliphatic heterocycles. The van der Waals surface area contributed by atoms with Crippen LogP contribution in [0.15, 0.2) is 18.2 Å². The van der Waals surface area contributed by atoms with E-state index in [-0.39, 0.29) is 30.1 Å². The van der Waals surface area contributed by atoms with Crippen molar-refractivity contribution in [2.45, 2.75) is 12.5 Å². The highest BCUT2D eigenvalue weighted by atomic mass is 19.1. The van der Waals surface area contributed by atoms with Gasteiger partial charge in [0.25, 0.3) is 0 Å². The van der Waals surface area contributed by atoms with Gasteiger partial charge in [-0.3, -0.25) is 4.79 Å². The molecule has 0 heterocycles. The standard InChI is InChI=1S/C13H17FN2O4/c1-19-9(7-15)6-12(17)16-11-4-3-8(14)5-10(11)13(18)20-2/h3-5,9H,6-7,15H2,1-2H3,(H,16,17). The van der Waals surface area contributed by atoms with Gasteiger partial charge in [-0.1, -0.05) is 0 Å². The number of rotatable bonds is 6. The second-order valence-corrected chi connectivity index (χ2v) is 4.03. The summed E-state index contributed by atoms with van der Waals surface area (Å²) in [5.41, 5.74) is 5.54. The Morgan fingerprint density at radius 1 is 1.40 bits per heavy atom. The summed E-state index contributed by atoms with van der Waals surface area (Å²) in [6.07, 6.45) is -0.387. The van der Waals surface area contributed by atoms with Gasteiger partial charge in [0.2, 0.25) is 5.91 Å². The highest BCUT2D eigenvalue weighted by Gasteiger charge is 2.17. The van der Waals surface area contributed by atoms with Crippen molar-refractivity contribution >= 4 is 17.6 Å². The van der Waals surface area contributed by atoms with Gasteiger partial charge in [-0.2, -0.15) is 0 Å².